The maximum atomic E-state index is 12.8. The van der Waals surface area contributed by atoms with E-state index >= 15 is 0 Å². The van der Waals surface area contributed by atoms with Gasteiger partial charge in [-0.3, -0.25) is 14.4 Å². The van der Waals surface area contributed by atoms with E-state index in [9.17, 15) is 14.4 Å². The summed E-state index contributed by atoms with van der Waals surface area (Å²) in [6, 6.07) is 0. The van der Waals surface area contributed by atoms with Gasteiger partial charge in [0, 0.05) is 19.3 Å². The number of ether oxygens (including phenoxy) is 3. The first-order valence-electron chi connectivity index (χ1n) is 25.3. The van der Waals surface area contributed by atoms with Gasteiger partial charge >= 0.3 is 17.9 Å². The predicted octanol–water partition coefficient (Wildman–Crippen LogP) is 16.5. The molecular weight excluding hydrogens is 745 g/mol. The van der Waals surface area contributed by atoms with Crippen molar-refractivity contribution in [3.8, 4) is 0 Å². The van der Waals surface area contributed by atoms with Crippen molar-refractivity contribution in [3.05, 3.63) is 60.8 Å². The Kier molecular flexibility index (Phi) is 46.4. The topological polar surface area (TPSA) is 78.9 Å². The van der Waals surface area contributed by atoms with Crippen LogP contribution in [0.2, 0.25) is 0 Å². The van der Waals surface area contributed by atoms with Crippen LogP contribution in [0.1, 0.15) is 245 Å². The summed E-state index contributed by atoms with van der Waals surface area (Å²) in [5.41, 5.74) is 0. The van der Waals surface area contributed by atoms with Crippen LogP contribution in [0, 0.1) is 0 Å². The first kappa shape index (κ1) is 57.1. The molecule has 60 heavy (non-hydrogen) atoms. The van der Waals surface area contributed by atoms with E-state index in [0.717, 1.165) is 103 Å². The molecule has 6 nitrogen and oxygen atoms in total. The zero-order valence-corrected chi connectivity index (χ0v) is 39.5. The highest BCUT2D eigenvalue weighted by Gasteiger charge is 2.19. The molecule has 0 aromatic rings. The Morgan fingerprint density at radius 1 is 0.350 bits per heavy atom. The highest BCUT2D eigenvalue weighted by molar-refractivity contribution is 5.71. The molecule has 1 atom stereocenters. The molecule has 0 aliphatic carbocycles. The Labute approximate surface area is 370 Å². The molecular formula is C54H94O6. The van der Waals surface area contributed by atoms with E-state index in [2.05, 4.69) is 81.5 Å². The normalized spacial score (nSPS) is 12.5. The summed E-state index contributed by atoms with van der Waals surface area (Å²) >= 11 is 0. The fourth-order valence-corrected chi connectivity index (χ4v) is 6.96. The second kappa shape index (κ2) is 48.8. The summed E-state index contributed by atoms with van der Waals surface area (Å²) in [4.78, 5) is 37.9. The van der Waals surface area contributed by atoms with Crippen molar-refractivity contribution in [1.82, 2.24) is 0 Å². The predicted molar refractivity (Wildman–Crippen MR) is 256 cm³/mol. The molecule has 0 rings (SSSR count). The fraction of sp³-hybridized carbons (Fsp3) is 0.759. The lowest BCUT2D eigenvalue weighted by molar-refractivity contribution is -0.167. The molecule has 0 heterocycles. The smallest absolute Gasteiger partial charge is 0.306 e. The third kappa shape index (κ3) is 46.2. The van der Waals surface area contributed by atoms with Crippen LogP contribution in [0.25, 0.3) is 0 Å². The molecule has 346 valence electrons. The van der Waals surface area contributed by atoms with Crippen molar-refractivity contribution in [3.63, 3.8) is 0 Å². The van der Waals surface area contributed by atoms with Gasteiger partial charge in [-0.1, -0.05) is 204 Å². The third-order valence-corrected chi connectivity index (χ3v) is 10.8. The standard InChI is InChI=1S/C54H94O6/c1-4-7-10-13-16-19-22-25-26-27-28-30-33-36-39-42-45-48-54(57)60-51(49-58-52(55)46-43-40-37-34-31-24-21-18-15-12-9-6-3)50-59-53(56)47-44-41-38-35-32-29-23-20-17-14-11-8-5-2/h7,10,16,19-20,23,25-26,28,30,51H,4-6,8-9,11-15,17-18,21-22,24,27,29,31-50H2,1-3H3/b10-7-,19-16-,23-20-,26-25-,30-28-/t51-/m0/s1. The average molecular weight is 839 g/mol. The second-order valence-corrected chi connectivity index (χ2v) is 16.7. The zero-order valence-electron chi connectivity index (χ0n) is 39.5. The molecule has 0 aromatic carbocycles. The van der Waals surface area contributed by atoms with E-state index in [1.807, 2.05) is 0 Å². The van der Waals surface area contributed by atoms with Gasteiger partial charge in [-0.25, -0.2) is 0 Å². The summed E-state index contributed by atoms with van der Waals surface area (Å²) < 4.78 is 16.8. The lowest BCUT2D eigenvalue weighted by Gasteiger charge is -2.18. The lowest BCUT2D eigenvalue weighted by atomic mass is 10.0. The van der Waals surface area contributed by atoms with E-state index in [4.69, 9.17) is 14.2 Å². The van der Waals surface area contributed by atoms with Gasteiger partial charge in [0.1, 0.15) is 13.2 Å². The van der Waals surface area contributed by atoms with Gasteiger partial charge < -0.3 is 14.2 Å². The van der Waals surface area contributed by atoms with Crippen LogP contribution in [-0.2, 0) is 28.6 Å². The maximum Gasteiger partial charge on any atom is 0.306 e. The van der Waals surface area contributed by atoms with E-state index in [0.29, 0.717) is 19.3 Å². The zero-order chi connectivity index (χ0) is 43.7. The van der Waals surface area contributed by atoms with E-state index in [1.54, 1.807) is 0 Å². The van der Waals surface area contributed by atoms with Crippen LogP contribution in [0.15, 0.2) is 60.8 Å². The number of allylic oxidation sites excluding steroid dienone is 10. The van der Waals surface area contributed by atoms with Gasteiger partial charge in [0.15, 0.2) is 6.10 Å². The molecule has 0 aromatic heterocycles. The summed E-state index contributed by atoms with van der Waals surface area (Å²) in [7, 11) is 0. The lowest BCUT2D eigenvalue weighted by Crippen LogP contribution is -2.30. The van der Waals surface area contributed by atoms with Crippen LogP contribution in [-0.4, -0.2) is 37.2 Å². The van der Waals surface area contributed by atoms with Crippen LogP contribution in [0.4, 0.5) is 0 Å². The minimum atomic E-state index is -0.787. The Hall–Kier alpha value is -2.89. The molecule has 0 aliphatic rings. The first-order chi connectivity index (χ1) is 29.5. The number of rotatable bonds is 45. The quantitative estimate of drug-likeness (QED) is 0.0263. The van der Waals surface area contributed by atoms with Crippen molar-refractivity contribution in [2.45, 2.75) is 252 Å². The molecule has 6 heteroatoms. The second-order valence-electron chi connectivity index (χ2n) is 16.7. The summed E-state index contributed by atoms with van der Waals surface area (Å²) in [6.07, 6.45) is 59.1. The Morgan fingerprint density at radius 2 is 0.650 bits per heavy atom. The van der Waals surface area contributed by atoms with Crippen LogP contribution in [0.5, 0.6) is 0 Å². The van der Waals surface area contributed by atoms with Gasteiger partial charge in [-0.15, -0.1) is 0 Å². The fourth-order valence-electron chi connectivity index (χ4n) is 6.96. The number of hydrogen-bond acceptors (Lipinski definition) is 6. The Morgan fingerprint density at radius 3 is 1.05 bits per heavy atom. The van der Waals surface area contributed by atoms with Crippen molar-refractivity contribution in [2.75, 3.05) is 13.2 Å². The van der Waals surface area contributed by atoms with Crippen molar-refractivity contribution >= 4 is 17.9 Å². The highest BCUT2D eigenvalue weighted by atomic mass is 16.6. The summed E-state index contributed by atoms with van der Waals surface area (Å²) in [5.74, 6) is -0.915. The minimum absolute atomic E-state index is 0.0852. The Balaban J connectivity index is 4.43. The van der Waals surface area contributed by atoms with Gasteiger partial charge in [0.05, 0.1) is 0 Å². The number of esters is 3. The molecule has 0 unspecified atom stereocenters. The monoisotopic (exact) mass is 839 g/mol. The summed E-state index contributed by atoms with van der Waals surface area (Å²) in [5, 5.41) is 0. The molecule has 0 fully saturated rings. The van der Waals surface area contributed by atoms with Crippen molar-refractivity contribution in [2.24, 2.45) is 0 Å². The van der Waals surface area contributed by atoms with Crippen LogP contribution in [0.3, 0.4) is 0 Å². The third-order valence-electron chi connectivity index (χ3n) is 10.8. The van der Waals surface area contributed by atoms with Gasteiger partial charge in [-0.2, -0.15) is 0 Å². The van der Waals surface area contributed by atoms with Crippen LogP contribution < -0.4 is 0 Å². The number of unbranched alkanes of at least 4 members (excludes halogenated alkanes) is 24. The molecule has 0 spiro atoms. The summed E-state index contributed by atoms with van der Waals surface area (Å²) in [6.45, 7) is 6.48. The highest BCUT2D eigenvalue weighted by Crippen LogP contribution is 2.14. The van der Waals surface area contributed by atoms with E-state index in [-0.39, 0.29) is 31.1 Å². The molecule has 0 amide bonds. The molecule has 0 saturated heterocycles. The SMILES string of the molecule is CC/C=C\C/C=C\C/C=C\C/C=C\CCCCCCC(=O)O[C@H](COC(=O)CCCCCCC/C=C\CCCCCC)COC(=O)CCCCCCCCCCCCCC. The molecule has 0 N–H and O–H groups in total. The largest absolute Gasteiger partial charge is 0.462 e. The van der Waals surface area contributed by atoms with Crippen molar-refractivity contribution < 1.29 is 28.6 Å². The molecule has 0 aliphatic heterocycles. The average Bonchev–Trinajstić information content (AvgIpc) is 3.24. The minimum Gasteiger partial charge on any atom is -0.462 e. The molecule has 0 saturated carbocycles. The van der Waals surface area contributed by atoms with Crippen molar-refractivity contribution in [1.29, 1.82) is 0 Å². The maximum absolute atomic E-state index is 12.8. The Bertz CT molecular complexity index is 1100. The van der Waals surface area contributed by atoms with Gasteiger partial charge in [0.2, 0.25) is 0 Å². The van der Waals surface area contributed by atoms with E-state index < -0.39 is 6.10 Å². The number of carbonyl (C=O) groups is 3. The van der Waals surface area contributed by atoms with Gasteiger partial charge in [0.25, 0.3) is 0 Å². The molecule has 0 radical (unpaired) electrons. The molecule has 0 bridgehead atoms. The number of carbonyl (C=O) groups excluding carboxylic acids is 3. The van der Waals surface area contributed by atoms with Gasteiger partial charge in [-0.05, 0) is 83.5 Å². The van der Waals surface area contributed by atoms with Crippen LogP contribution >= 0.6 is 0 Å². The number of hydrogen-bond donors (Lipinski definition) is 0. The first-order valence-corrected chi connectivity index (χ1v) is 25.3. The van der Waals surface area contributed by atoms with E-state index in [1.165, 1.54) is 103 Å².